The van der Waals surface area contributed by atoms with Crippen LogP contribution in [0.1, 0.15) is 46.3 Å². The van der Waals surface area contributed by atoms with E-state index < -0.39 is 0 Å². The molecule has 1 aliphatic carbocycles. The molecule has 0 bridgehead atoms. The number of amides is 1. The lowest BCUT2D eigenvalue weighted by Gasteiger charge is -2.23. The van der Waals surface area contributed by atoms with Crippen LogP contribution in [0.3, 0.4) is 0 Å². The second kappa shape index (κ2) is 5.03. The Labute approximate surface area is 117 Å². The van der Waals surface area contributed by atoms with Crippen molar-refractivity contribution in [2.45, 2.75) is 32.2 Å². The average Bonchev–Trinajstić information content (AvgIpc) is 2.82. The van der Waals surface area contributed by atoms with Gasteiger partial charge < -0.3 is 5.32 Å². The van der Waals surface area contributed by atoms with Crippen molar-refractivity contribution in [3.63, 3.8) is 0 Å². The highest BCUT2D eigenvalue weighted by Gasteiger charge is 2.25. The summed E-state index contributed by atoms with van der Waals surface area (Å²) in [6.07, 6.45) is 7.96. The van der Waals surface area contributed by atoms with Gasteiger partial charge in [0.25, 0.3) is 5.91 Å². The highest BCUT2D eigenvalue weighted by Crippen LogP contribution is 2.29. The number of fused-ring (bicyclic) bond motifs is 1. The third kappa shape index (κ3) is 2.29. The minimum Gasteiger partial charge on any atom is -0.344 e. The summed E-state index contributed by atoms with van der Waals surface area (Å²) < 4.78 is 1.89. The van der Waals surface area contributed by atoms with Crippen LogP contribution in [0.25, 0.3) is 0 Å². The van der Waals surface area contributed by atoms with Gasteiger partial charge >= 0.3 is 0 Å². The lowest BCUT2D eigenvalue weighted by Crippen LogP contribution is -2.31. The zero-order valence-electron chi connectivity index (χ0n) is 11.6. The molecule has 0 saturated heterocycles. The Morgan fingerprint density at radius 2 is 2.20 bits per heavy atom. The summed E-state index contributed by atoms with van der Waals surface area (Å²) in [7, 11) is 1.94. The topological polar surface area (TPSA) is 72.7 Å². The Balaban J connectivity index is 1.78. The molecule has 1 aliphatic rings. The Morgan fingerprint density at radius 3 is 2.95 bits per heavy atom. The number of aromatic nitrogens is 4. The maximum atomic E-state index is 12.2. The molecule has 6 heteroatoms. The molecule has 0 aliphatic heterocycles. The van der Waals surface area contributed by atoms with E-state index in [1.807, 2.05) is 24.9 Å². The first-order valence-electron chi connectivity index (χ1n) is 6.75. The maximum absolute atomic E-state index is 12.2. The minimum atomic E-state index is -0.181. The molecule has 0 aromatic carbocycles. The third-order valence-electron chi connectivity index (χ3n) is 3.69. The first-order chi connectivity index (χ1) is 9.65. The van der Waals surface area contributed by atoms with Crippen LogP contribution in [-0.4, -0.2) is 25.7 Å². The van der Waals surface area contributed by atoms with E-state index in [0.717, 1.165) is 30.5 Å². The van der Waals surface area contributed by atoms with Crippen LogP contribution in [0.4, 0.5) is 0 Å². The van der Waals surface area contributed by atoms with Gasteiger partial charge in [-0.25, -0.2) is 4.98 Å². The third-order valence-corrected chi connectivity index (χ3v) is 3.69. The Bertz CT molecular complexity index is 632. The van der Waals surface area contributed by atoms with Crippen LogP contribution >= 0.6 is 0 Å². The van der Waals surface area contributed by atoms with Crippen molar-refractivity contribution >= 4 is 5.91 Å². The molecule has 2 heterocycles. The van der Waals surface area contributed by atoms with E-state index in [1.54, 1.807) is 6.20 Å². The highest BCUT2D eigenvalue weighted by atomic mass is 16.1. The van der Waals surface area contributed by atoms with Gasteiger partial charge in [-0.15, -0.1) is 0 Å². The molecule has 104 valence electrons. The molecule has 0 saturated carbocycles. The quantitative estimate of drug-likeness (QED) is 0.894. The summed E-state index contributed by atoms with van der Waals surface area (Å²) >= 11 is 0. The van der Waals surface area contributed by atoms with Gasteiger partial charge in [0.2, 0.25) is 0 Å². The number of carbonyl (C=O) groups excluding carboxylic acids is 1. The van der Waals surface area contributed by atoms with Crippen LogP contribution in [0.2, 0.25) is 0 Å². The van der Waals surface area contributed by atoms with Gasteiger partial charge in [-0.1, -0.05) is 0 Å². The molecule has 3 rings (SSSR count). The van der Waals surface area contributed by atoms with Gasteiger partial charge in [-0.2, -0.15) is 5.10 Å². The van der Waals surface area contributed by atoms with E-state index in [2.05, 4.69) is 20.4 Å². The molecule has 0 spiro atoms. The van der Waals surface area contributed by atoms with Gasteiger partial charge in [-0.05, 0) is 26.2 Å². The van der Waals surface area contributed by atoms with E-state index >= 15 is 0 Å². The highest BCUT2D eigenvalue weighted by molar-refractivity contribution is 5.92. The number of aryl methyl sites for hydroxylation is 2. The summed E-state index contributed by atoms with van der Waals surface area (Å²) in [4.78, 5) is 20.4. The fraction of sp³-hybridized carbons (Fsp3) is 0.429. The number of carbonyl (C=O) groups is 1. The average molecular weight is 271 g/mol. The molecule has 0 unspecified atom stereocenters. The van der Waals surface area contributed by atoms with Gasteiger partial charge in [-0.3, -0.25) is 14.5 Å². The first kappa shape index (κ1) is 12.8. The normalized spacial score (nSPS) is 17.6. The zero-order chi connectivity index (χ0) is 14.1. The molecule has 2 aromatic rings. The van der Waals surface area contributed by atoms with Crippen LogP contribution in [0.5, 0.6) is 0 Å². The molecular formula is C14H17N5O. The monoisotopic (exact) mass is 271 g/mol. The second-order valence-corrected chi connectivity index (χ2v) is 5.13. The van der Waals surface area contributed by atoms with Gasteiger partial charge in [0.15, 0.2) is 0 Å². The van der Waals surface area contributed by atoms with Gasteiger partial charge in [0.1, 0.15) is 5.69 Å². The smallest absolute Gasteiger partial charge is 0.271 e. The summed E-state index contributed by atoms with van der Waals surface area (Å²) in [5.41, 5.74) is 3.48. The number of hydrogen-bond acceptors (Lipinski definition) is 4. The molecular weight excluding hydrogens is 254 g/mol. The molecule has 0 radical (unpaired) electrons. The molecule has 2 aromatic heterocycles. The molecule has 1 amide bonds. The Kier molecular flexibility index (Phi) is 3.22. The van der Waals surface area contributed by atoms with Crippen molar-refractivity contribution in [3.05, 3.63) is 41.2 Å². The number of nitrogens with one attached hydrogen (secondary N) is 1. The van der Waals surface area contributed by atoms with Gasteiger partial charge in [0.05, 0.1) is 24.1 Å². The predicted molar refractivity (Wildman–Crippen MR) is 73.1 cm³/mol. The standard InChI is InChI=1S/C14H17N5O/c1-9-6-16-12(8-15-9)14(20)18-11-4-3-5-13-10(11)7-17-19(13)2/h6-8,11H,3-5H2,1-2H3,(H,18,20)/t11-/m1/s1. The van der Waals surface area contributed by atoms with E-state index in [0.29, 0.717) is 5.69 Å². The molecule has 20 heavy (non-hydrogen) atoms. The van der Waals surface area contributed by atoms with Gasteiger partial charge in [0, 0.05) is 24.5 Å². The van der Waals surface area contributed by atoms with E-state index in [9.17, 15) is 4.79 Å². The van der Waals surface area contributed by atoms with Crippen LogP contribution in [0.15, 0.2) is 18.6 Å². The summed E-state index contributed by atoms with van der Waals surface area (Å²) in [6.45, 7) is 1.84. The fourth-order valence-electron chi connectivity index (χ4n) is 2.60. The van der Waals surface area contributed by atoms with Crippen molar-refractivity contribution in [2.24, 2.45) is 7.05 Å². The van der Waals surface area contributed by atoms with Crippen molar-refractivity contribution < 1.29 is 4.79 Å². The number of rotatable bonds is 2. The zero-order valence-corrected chi connectivity index (χ0v) is 11.6. The first-order valence-corrected chi connectivity index (χ1v) is 6.75. The van der Waals surface area contributed by atoms with E-state index in [1.165, 1.54) is 11.9 Å². The second-order valence-electron chi connectivity index (χ2n) is 5.13. The summed E-state index contributed by atoms with van der Waals surface area (Å²) in [6, 6.07) is 0.0167. The molecule has 1 N–H and O–H groups in total. The Morgan fingerprint density at radius 1 is 1.35 bits per heavy atom. The Hall–Kier alpha value is -2.24. The largest absolute Gasteiger partial charge is 0.344 e. The fourth-order valence-corrected chi connectivity index (χ4v) is 2.60. The number of nitrogens with zero attached hydrogens (tertiary/aromatic N) is 4. The van der Waals surface area contributed by atoms with Crippen molar-refractivity contribution in [3.8, 4) is 0 Å². The van der Waals surface area contributed by atoms with Crippen molar-refractivity contribution in [1.82, 2.24) is 25.1 Å². The lowest BCUT2D eigenvalue weighted by molar-refractivity contribution is 0.0927. The predicted octanol–water partition coefficient (Wildman–Crippen LogP) is 1.33. The van der Waals surface area contributed by atoms with Crippen LogP contribution in [0, 0.1) is 6.92 Å². The number of hydrogen-bond donors (Lipinski definition) is 1. The van der Waals surface area contributed by atoms with E-state index in [4.69, 9.17) is 0 Å². The summed E-state index contributed by atoms with van der Waals surface area (Å²) in [5.74, 6) is -0.181. The van der Waals surface area contributed by atoms with Crippen LogP contribution < -0.4 is 5.32 Å². The SMILES string of the molecule is Cc1cnc(C(=O)N[C@@H]2CCCc3c2cnn3C)cn1. The molecule has 1 atom stereocenters. The molecule has 0 fully saturated rings. The summed E-state index contributed by atoms with van der Waals surface area (Å²) in [5, 5.41) is 7.31. The minimum absolute atomic E-state index is 0.0167. The molecule has 6 nitrogen and oxygen atoms in total. The maximum Gasteiger partial charge on any atom is 0.271 e. The lowest BCUT2D eigenvalue weighted by atomic mass is 9.93. The van der Waals surface area contributed by atoms with E-state index in [-0.39, 0.29) is 11.9 Å². The van der Waals surface area contributed by atoms with Crippen LogP contribution in [-0.2, 0) is 13.5 Å². The van der Waals surface area contributed by atoms with Crippen molar-refractivity contribution in [2.75, 3.05) is 0 Å². The van der Waals surface area contributed by atoms with Crippen molar-refractivity contribution in [1.29, 1.82) is 0 Å².